The summed E-state index contributed by atoms with van der Waals surface area (Å²) in [6, 6.07) is 6.99. The number of nitrogens with zero attached hydrogens (tertiary/aromatic N) is 1. The maximum Gasteiger partial charge on any atom is 0.311 e. The molecule has 2 aromatic rings. The number of ether oxygens (including phenoxy) is 1. The van der Waals surface area contributed by atoms with Gasteiger partial charge in [-0.2, -0.15) is 0 Å². The number of carbonyl (C=O) groups excluding carboxylic acids is 1. The molecule has 0 amide bonds. The van der Waals surface area contributed by atoms with Crippen LogP contribution in [0.1, 0.15) is 10.4 Å². The van der Waals surface area contributed by atoms with Crippen LogP contribution < -0.4 is 4.74 Å². The van der Waals surface area contributed by atoms with Crippen LogP contribution in [0.2, 0.25) is 5.02 Å². The van der Waals surface area contributed by atoms with Crippen molar-refractivity contribution in [3.63, 3.8) is 0 Å². The first-order valence-electron chi connectivity index (χ1n) is 5.38. The number of nitro benzene ring substituents is 1. The van der Waals surface area contributed by atoms with Gasteiger partial charge in [0.2, 0.25) is 5.75 Å². The Morgan fingerprint density at radius 2 is 1.95 bits per heavy atom. The molecule has 5 nitrogen and oxygen atoms in total. The predicted molar refractivity (Wildman–Crippen MR) is 70.0 cm³/mol. The zero-order chi connectivity index (χ0) is 14.7. The minimum absolute atomic E-state index is 0.0150. The van der Waals surface area contributed by atoms with Crippen molar-refractivity contribution in [2.45, 2.75) is 0 Å². The number of halogens is 2. The van der Waals surface area contributed by atoms with Gasteiger partial charge in [0, 0.05) is 23.2 Å². The molecule has 0 aromatic heterocycles. The lowest BCUT2D eigenvalue weighted by Gasteiger charge is -2.08. The summed E-state index contributed by atoms with van der Waals surface area (Å²) in [5.41, 5.74) is -0.267. The third kappa shape index (κ3) is 2.92. The van der Waals surface area contributed by atoms with Gasteiger partial charge in [-0.1, -0.05) is 11.6 Å². The molecule has 0 saturated heterocycles. The molecule has 0 radical (unpaired) electrons. The van der Waals surface area contributed by atoms with Gasteiger partial charge in [-0.3, -0.25) is 14.9 Å². The fraction of sp³-hybridized carbons (Fsp3) is 0. The summed E-state index contributed by atoms with van der Waals surface area (Å²) in [7, 11) is 0. The van der Waals surface area contributed by atoms with Crippen molar-refractivity contribution in [3.8, 4) is 11.5 Å². The molecule has 0 unspecified atom stereocenters. The Hall–Kier alpha value is -2.47. The minimum Gasteiger partial charge on any atom is -0.449 e. The van der Waals surface area contributed by atoms with Crippen molar-refractivity contribution in [3.05, 3.63) is 62.9 Å². The van der Waals surface area contributed by atoms with E-state index in [0.29, 0.717) is 6.29 Å². The summed E-state index contributed by atoms with van der Waals surface area (Å²) >= 11 is 5.77. The molecule has 7 heteroatoms. The molecule has 0 atom stereocenters. The van der Waals surface area contributed by atoms with E-state index in [0.717, 1.165) is 18.2 Å². The summed E-state index contributed by atoms with van der Waals surface area (Å²) in [6.07, 6.45) is 0.511. The Morgan fingerprint density at radius 3 is 2.60 bits per heavy atom. The topological polar surface area (TPSA) is 69.4 Å². The maximum atomic E-state index is 13.2. The van der Waals surface area contributed by atoms with Crippen LogP contribution in [0.25, 0.3) is 0 Å². The molecule has 102 valence electrons. The van der Waals surface area contributed by atoms with Crippen LogP contribution >= 0.6 is 11.6 Å². The van der Waals surface area contributed by atoms with E-state index in [1.54, 1.807) is 0 Å². The molecule has 2 rings (SSSR count). The van der Waals surface area contributed by atoms with E-state index in [-0.39, 0.29) is 22.1 Å². The third-order valence-corrected chi connectivity index (χ3v) is 2.68. The molecule has 0 aliphatic rings. The number of carbonyl (C=O) groups is 1. The average molecular weight is 296 g/mol. The average Bonchev–Trinajstić information content (AvgIpc) is 2.38. The van der Waals surface area contributed by atoms with Crippen molar-refractivity contribution in [1.82, 2.24) is 0 Å². The van der Waals surface area contributed by atoms with Crippen LogP contribution in [0.5, 0.6) is 11.5 Å². The third-order valence-electron chi connectivity index (χ3n) is 2.44. The van der Waals surface area contributed by atoms with Crippen molar-refractivity contribution >= 4 is 23.6 Å². The van der Waals surface area contributed by atoms with Crippen LogP contribution in [0.15, 0.2) is 36.4 Å². The van der Waals surface area contributed by atoms with Crippen LogP contribution in [0, 0.1) is 15.9 Å². The maximum absolute atomic E-state index is 13.2. The zero-order valence-corrected chi connectivity index (χ0v) is 10.6. The predicted octanol–water partition coefficient (Wildman–Crippen LogP) is 3.99. The summed E-state index contributed by atoms with van der Waals surface area (Å²) in [5, 5.41) is 11.1. The molecule has 0 N–H and O–H groups in total. The number of hydrogen-bond acceptors (Lipinski definition) is 4. The molecule has 20 heavy (non-hydrogen) atoms. The molecule has 0 saturated carbocycles. The monoisotopic (exact) mass is 295 g/mol. The highest BCUT2D eigenvalue weighted by atomic mass is 35.5. The van der Waals surface area contributed by atoms with Gasteiger partial charge in [0.25, 0.3) is 0 Å². The minimum atomic E-state index is -0.708. The Kier molecular flexibility index (Phi) is 3.95. The van der Waals surface area contributed by atoms with Crippen LogP contribution in [-0.2, 0) is 0 Å². The number of aldehydes is 1. The lowest BCUT2D eigenvalue weighted by Crippen LogP contribution is -1.96. The van der Waals surface area contributed by atoms with Crippen molar-refractivity contribution in [2.24, 2.45) is 0 Å². The smallest absolute Gasteiger partial charge is 0.311 e. The van der Waals surface area contributed by atoms with Crippen molar-refractivity contribution in [1.29, 1.82) is 0 Å². The van der Waals surface area contributed by atoms with E-state index in [1.165, 1.54) is 18.2 Å². The van der Waals surface area contributed by atoms with Gasteiger partial charge in [0.1, 0.15) is 11.6 Å². The molecule has 0 fully saturated rings. The highest BCUT2D eigenvalue weighted by molar-refractivity contribution is 6.30. The largest absolute Gasteiger partial charge is 0.449 e. The quantitative estimate of drug-likeness (QED) is 0.486. The number of rotatable bonds is 4. The van der Waals surface area contributed by atoms with E-state index in [9.17, 15) is 19.3 Å². The number of benzene rings is 2. The van der Waals surface area contributed by atoms with Crippen molar-refractivity contribution < 1.29 is 18.8 Å². The Balaban J connectivity index is 2.49. The summed E-state index contributed by atoms with van der Waals surface area (Å²) in [6.45, 7) is 0. The first-order valence-corrected chi connectivity index (χ1v) is 5.75. The van der Waals surface area contributed by atoms with Crippen LogP contribution in [-0.4, -0.2) is 11.2 Å². The second-order valence-electron chi connectivity index (χ2n) is 3.77. The fourth-order valence-corrected chi connectivity index (χ4v) is 1.70. The number of nitro groups is 1. The molecule has 0 aliphatic heterocycles. The highest BCUT2D eigenvalue weighted by Crippen LogP contribution is 2.34. The van der Waals surface area contributed by atoms with Gasteiger partial charge >= 0.3 is 5.69 Å². The SMILES string of the molecule is O=Cc1ccc(Cl)cc1Oc1cc(F)ccc1[N+](=O)[O-]. The summed E-state index contributed by atoms with van der Waals surface area (Å²) < 4.78 is 18.4. The molecule has 0 heterocycles. The lowest BCUT2D eigenvalue weighted by molar-refractivity contribution is -0.385. The van der Waals surface area contributed by atoms with Gasteiger partial charge < -0.3 is 4.74 Å². The molecular formula is C13H7ClFNO4. The van der Waals surface area contributed by atoms with E-state index >= 15 is 0 Å². The van der Waals surface area contributed by atoms with Gasteiger partial charge in [-0.25, -0.2) is 4.39 Å². The normalized spacial score (nSPS) is 10.1. The lowest BCUT2D eigenvalue weighted by atomic mass is 10.2. The Bertz CT molecular complexity index is 690. The summed E-state index contributed by atoms with van der Waals surface area (Å²) in [5.74, 6) is -0.984. The van der Waals surface area contributed by atoms with Gasteiger partial charge in [0.05, 0.1) is 10.5 Å². The second kappa shape index (κ2) is 5.66. The van der Waals surface area contributed by atoms with E-state index in [4.69, 9.17) is 16.3 Å². The van der Waals surface area contributed by atoms with Crippen LogP contribution in [0.3, 0.4) is 0 Å². The van der Waals surface area contributed by atoms with Gasteiger partial charge in [-0.05, 0) is 18.2 Å². The van der Waals surface area contributed by atoms with Gasteiger partial charge in [-0.15, -0.1) is 0 Å². The fourth-order valence-electron chi connectivity index (χ4n) is 1.53. The molecule has 2 aromatic carbocycles. The highest BCUT2D eigenvalue weighted by Gasteiger charge is 2.18. The van der Waals surface area contributed by atoms with E-state index in [2.05, 4.69) is 0 Å². The molecular weight excluding hydrogens is 289 g/mol. The van der Waals surface area contributed by atoms with E-state index < -0.39 is 16.4 Å². The summed E-state index contributed by atoms with van der Waals surface area (Å²) in [4.78, 5) is 21.0. The first-order chi connectivity index (χ1) is 9.51. The standard InChI is InChI=1S/C13H7ClFNO4/c14-9-2-1-8(7-17)12(5-9)20-13-6-10(15)3-4-11(13)16(18)19/h1-7H. The molecule has 0 aliphatic carbocycles. The first kappa shape index (κ1) is 14.0. The zero-order valence-electron chi connectivity index (χ0n) is 9.88. The molecule has 0 bridgehead atoms. The van der Waals surface area contributed by atoms with E-state index in [1.807, 2.05) is 0 Å². The number of hydrogen-bond donors (Lipinski definition) is 0. The van der Waals surface area contributed by atoms with Crippen LogP contribution in [0.4, 0.5) is 10.1 Å². The Labute approximate surface area is 117 Å². The second-order valence-corrected chi connectivity index (χ2v) is 4.21. The van der Waals surface area contributed by atoms with Crippen molar-refractivity contribution in [2.75, 3.05) is 0 Å². The van der Waals surface area contributed by atoms with Gasteiger partial charge in [0.15, 0.2) is 6.29 Å². The Morgan fingerprint density at radius 1 is 1.20 bits per heavy atom. The molecule has 0 spiro atoms.